The van der Waals surface area contributed by atoms with E-state index in [0.717, 1.165) is 30.8 Å². The van der Waals surface area contributed by atoms with E-state index >= 15 is 0 Å². The Morgan fingerprint density at radius 2 is 1.75 bits per heavy atom. The third-order valence-electron chi connectivity index (χ3n) is 3.43. The van der Waals surface area contributed by atoms with E-state index in [1.54, 1.807) is 13.4 Å². The van der Waals surface area contributed by atoms with Gasteiger partial charge in [0.25, 0.3) is 0 Å². The molecule has 3 nitrogen and oxygen atoms in total. The van der Waals surface area contributed by atoms with Gasteiger partial charge in [0.2, 0.25) is 0 Å². The van der Waals surface area contributed by atoms with Gasteiger partial charge in [-0.15, -0.1) is 0 Å². The van der Waals surface area contributed by atoms with Crippen LogP contribution in [0, 0.1) is 0 Å². The topological polar surface area (TPSA) is 38.3 Å². The lowest BCUT2D eigenvalue weighted by Crippen LogP contribution is -2.35. The van der Waals surface area contributed by atoms with Crippen molar-refractivity contribution in [1.29, 1.82) is 0 Å². The van der Waals surface area contributed by atoms with Crippen LogP contribution >= 0.6 is 0 Å². The van der Waals surface area contributed by atoms with Crippen LogP contribution in [0.3, 0.4) is 0 Å². The summed E-state index contributed by atoms with van der Waals surface area (Å²) in [7, 11) is 0.997. The van der Waals surface area contributed by atoms with Gasteiger partial charge in [-0.1, -0.05) is 12.1 Å². The van der Waals surface area contributed by atoms with E-state index in [1.165, 1.54) is 5.56 Å². The Morgan fingerprint density at radius 1 is 1.15 bits per heavy atom. The highest BCUT2D eigenvalue weighted by molar-refractivity contribution is 7.84. The highest BCUT2D eigenvalue weighted by Crippen LogP contribution is 2.13. The molecule has 0 spiro atoms. The molecule has 0 aromatic heterocycles. The summed E-state index contributed by atoms with van der Waals surface area (Å²) in [5.41, 5.74) is 1.33. The average molecular weight is 297 g/mol. The van der Waals surface area contributed by atoms with Gasteiger partial charge in [-0.3, -0.25) is 4.21 Å². The van der Waals surface area contributed by atoms with Crippen LogP contribution in [0.4, 0.5) is 0 Å². The first-order valence-corrected chi connectivity index (χ1v) is 8.93. The minimum atomic E-state index is -0.690. The number of hydrogen-bond acceptors (Lipinski definition) is 3. The van der Waals surface area contributed by atoms with Gasteiger partial charge in [0.1, 0.15) is 5.75 Å². The van der Waals surface area contributed by atoms with Crippen LogP contribution < -0.4 is 10.1 Å². The smallest absolute Gasteiger partial charge is 0.118 e. The lowest BCUT2D eigenvalue weighted by molar-refractivity contribution is 0.414. The average Bonchev–Trinajstić information content (AvgIpc) is 2.43. The fraction of sp³-hybridized carbons (Fsp3) is 0.625. The van der Waals surface area contributed by atoms with Crippen molar-refractivity contribution in [1.82, 2.24) is 5.32 Å². The number of aryl methyl sites for hydroxylation is 1. The Hall–Kier alpha value is -0.870. The molecule has 3 unspecified atom stereocenters. The number of benzene rings is 1. The molecule has 0 saturated heterocycles. The molecule has 20 heavy (non-hydrogen) atoms. The number of ether oxygens (including phenoxy) is 1. The van der Waals surface area contributed by atoms with Crippen LogP contribution in [0.15, 0.2) is 24.3 Å². The van der Waals surface area contributed by atoms with Gasteiger partial charge in [-0.25, -0.2) is 0 Å². The maximum absolute atomic E-state index is 11.1. The van der Waals surface area contributed by atoms with Crippen LogP contribution in [0.1, 0.15) is 32.3 Å². The van der Waals surface area contributed by atoms with E-state index in [4.69, 9.17) is 4.74 Å². The van der Waals surface area contributed by atoms with E-state index in [1.807, 2.05) is 12.1 Å². The molecule has 3 atom stereocenters. The van der Waals surface area contributed by atoms with Crippen molar-refractivity contribution in [2.45, 2.75) is 45.2 Å². The largest absolute Gasteiger partial charge is 0.497 e. The Morgan fingerprint density at radius 3 is 2.30 bits per heavy atom. The first-order valence-electron chi connectivity index (χ1n) is 7.20. The summed E-state index contributed by atoms with van der Waals surface area (Å²) in [6, 6.07) is 9.14. The normalized spacial score (nSPS) is 15.6. The summed E-state index contributed by atoms with van der Waals surface area (Å²) < 4.78 is 16.2. The van der Waals surface area contributed by atoms with Crippen molar-refractivity contribution in [3.05, 3.63) is 29.8 Å². The molecule has 0 radical (unpaired) electrons. The summed E-state index contributed by atoms with van der Waals surface area (Å²) in [5, 5.41) is 3.57. The van der Waals surface area contributed by atoms with Crippen LogP contribution in [0.5, 0.6) is 5.75 Å². The molecule has 114 valence electrons. The first-order chi connectivity index (χ1) is 9.51. The molecule has 0 aliphatic rings. The van der Waals surface area contributed by atoms with E-state index in [0.29, 0.717) is 12.1 Å². The first kappa shape index (κ1) is 17.2. The quantitative estimate of drug-likeness (QED) is 0.761. The minimum absolute atomic E-state index is 0.421. The summed E-state index contributed by atoms with van der Waals surface area (Å²) >= 11 is 0. The Bertz CT molecular complexity index is 405. The fourth-order valence-corrected chi connectivity index (χ4v) is 2.86. The number of rotatable bonds is 9. The second-order valence-corrected chi connectivity index (χ2v) is 6.98. The number of hydrogen-bond donors (Lipinski definition) is 1. The van der Waals surface area contributed by atoms with E-state index in [2.05, 4.69) is 31.3 Å². The molecule has 0 bridgehead atoms. The zero-order valence-electron chi connectivity index (χ0n) is 13.0. The van der Waals surface area contributed by atoms with Gasteiger partial charge in [-0.2, -0.15) is 0 Å². The third-order valence-corrected chi connectivity index (χ3v) is 4.24. The lowest BCUT2D eigenvalue weighted by Gasteiger charge is -2.19. The van der Waals surface area contributed by atoms with Gasteiger partial charge < -0.3 is 10.1 Å². The highest BCUT2D eigenvalue weighted by atomic mass is 32.2. The standard InChI is InChI=1S/C16H27NO2S/c1-13(17-14(2)11-12-20(4)18)5-6-15-7-9-16(19-3)10-8-15/h7-10,13-14,17H,5-6,11-12H2,1-4H3. The second kappa shape index (κ2) is 9.14. The molecule has 4 heteroatoms. The SMILES string of the molecule is COc1ccc(CCC(C)NC(C)CCS(C)=O)cc1. The van der Waals surface area contributed by atoms with Crippen LogP contribution in [-0.4, -0.2) is 35.4 Å². The minimum Gasteiger partial charge on any atom is -0.497 e. The van der Waals surface area contributed by atoms with E-state index < -0.39 is 10.8 Å². The van der Waals surface area contributed by atoms with Crippen molar-refractivity contribution in [2.24, 2.45) is 0 Å². The van der Waals surface area contributed by atoms with E-state index in [9.17, 15) is 4.21 Å². The predicted octanol–water partition coefficient (Wildman–Crippen LogP) is 2.76. The maximum atomic E-state index is 11.1. The van der Waals surface area contributed by atoms with Crippen LogP contribution in [-0.2, 0) is 17.2 Å². The zero-order valence-corrected chi connectivity index (χ0v) is 13.8. The van der Waals surface area contributed by atoms with Gasteiger partial charge in [0, 0.05) is 34.9 Å². The molecule has 1 N–H and O–H groups in total. The Kier molecular flexibility index (Phi) is 7.85. The van der Waals surface area contributed by atoms with Gasteiger partial charge >= 0.3 is 0 Å². The van der Waals surface area contributed by atoms with Crippen LogP contribution in [0.25, 0.3) is 0 Å². The van der Waals surface area contributed by atoms with Crippen molar-refractivity contribution in [2.75, 3.05) is 19.1 Å². The fourth-order valence-electron chi connectivity index (χ4n) is 2.17. The molecule has 0 saturated carbocycles. The van der Waals surface area contributed by atoms with Crippen molar-refractivity contribution in [3.8, 4) is 5.75 Å². The van der Waals surface area contributed by atoms with Crippen LogP contribution in [0.2, 0.25) is 0 Å². The summed E-state index contributed by atoms with van der Waals surface area (Å²) in [5.74, 6) is 1.68. The molecular weight excluding hydrogens is 270 g/mol. The van der Waals surface area contributed by atoms with Gasteiger partial charge in [0.05, 0.1) is 7.11 Å². The summed E-state index contributed by atoms with van der Waals surface area (Å²) in [6.45, 7) is 4.37. The lowest BCUT2D eigenvalue weighted by atomic mass is 10.1. The van der Waals surface area contributed by atoms with Gasteiger partial charge in [0.15, 0.2) is 0 Å². The number of methoxy groups -OCH3 is 1. The van der Waals surface area contributed by atoms with E-state index in [-0.39, 0.29) is 0 Å². The monoisotopic (exact) mass is 297 g/mol. The van der Waals surface area contributed by atoms with Crippen molar-refractivity contribution >= 4 is 10.8 Å². The van der Waals surface area contributed by atoms with Crippen molar-refractivity contribution < 1.29 is 8.95 Å². The molecule has 0 aliphatic heterocycles. The highest BCUT2D eigenvalue weighted by Gasteiger charge is 2.08. The molecule has 0 fully saturated rings. The van der Waals surface area contributed by atoms with Crippen molar-refractivity contribution in [3.63, 3.8) is 0 Å². The molecule has 0 aliphatic carbocycles. The molecule has 1 rings (SSSR count). The molecule has 0 heterocycles. The Labute approximate surface area is 125 Å². The maximum Gasteiger partial charge on any atom is 0.118 e. The predicted molar refractivity (Wildman–Crippen MR) is 86.9 cm³/mol. The van der Waals surface area contributed by atoms with Gasteiger partial charge in [-0.05, 0) is 50.8 Å². The molecule has 1 aromatic rings. The Balaban J connectivity index is 2.27. The molecule has 1 aromatic carbocycles. The second-order valence-electron chi connectivity index (χ2n) is 5.42. The summed E-state index contributed by atoms with van der Waals surface area (Å²) in [6.07, 6.45) is 4.90. The molecular formula is C16H27NO2S. The summed E-state index contributed by atoms with van der Waals surface area (Å²) in [4.78, 5) is 0. The molecule has 0 amide bonds. The zero-order chi connectivity index (χ0) is 15.0. The third kappa shape index (κ3) is 7.06. The number of nitrogens with one attached hydrogen (secondary N) is 1.